The summed E-state index contributed by atoms with van der Waals surface area (Å²) in [5, 5.41) is 2.95. The molecule has 0 N–H and O–H groups in total. The smallest absolute Gasteiger partial charge is 0.273 e. The number of carbonyl (C=O) groups is 2. The number of likely N-dealkylation sites (tertiary alicyclic amines) is 1. The molecule has 1 saturated carbocycles. The molecule has 2 aromatic rings. The van der Waals surface area contributed by atoms with Gasteiger partial charge in [0.05, 0.1) is 11.2 Å². The SMILES string of the molecule is O=C(c1csc(C2CCN(C(=O)C3CCCCC3)CC2)n1)N1CCN(c2cnccn2)CC1. The molecule has 2 amide bonds. The predicted octanol–water partition coefficient (Wildman–Crippen LogP) is 3.18. The van der Waals surface area contributed by atoms with E-state index in [9.17, 15) is 9.59 Å². The van der Waals surface area contributed by atoms with Crippen LogP contribution in [0.5, 0.6) is 0 Å². The Hall–Kier alpha value is -2.55. The molecule has 33 heavy (non-hydrogen) atoms. The van der Waals surface area contributed by atoms with Gasteiger partial charge in [0.15, 0.2) is 0 Å². The van der Waals surface area contributed by atoms with Crippen molar-refractivity contribution in [1.82, 2.24) is 24.8 Å². The second-order valence-corrected chi connectivity index (χ2v) is 10.2. The number of anilines is 1. The number of hydrogen-bond donors (Lipinski definition) is 0. The first-order valence-corrected chi connectivity index (χ1v) is 13.1. The molecular formula is C24H32N6O2S. The van der Waals surface area contributed by atoms with E-state index in [-0.39, 0.29) is 11.8 Å². The summed E-state index contributed by atoms with van der Waals surface area (Å²) in [6.07, 6.45) is 12.8. The summed E-state index contributed by atoms with van der Waals surface area (Å²) in [6, 6.07) is 0. The highest BCUT2D eigenvalue weighted by molar-refractivity contribution is 7.09. The van der Waals surface area contributed by atoms with Crippen LogP contribution >= 0.6 is 11.3 Å². The average molecular weight is 469 g/mol. The summed E-state index contributed by atoms with van der Waals surface area (Å²) in [4.78, 5) is 45.2. The lowest BCUT2D eigenvalue weighted by molar-refractivity contribution is -0.137. The maximum atomic E-state index is 13.0. The Morgan fingerprint density at radius 3 is 2.33 bits per heavy atom. The van der Waals surface area contributed by atoms with Crippen LogP contribution in [0.2, 0.25) is 0 Å². The van der Waals surface area contributed by atoms with Crippen molar-refractivity contribution >= 4 is 29.0 Å². The number of hydrogen-bond acceptors (Lipinski definition) is 7. The lowest BCUT2D eigenvalue weighted by Crippen LogP contribution is -2.49. The molecule has 4 heterocycles. The van der Waals surface area contributed by atoms with Crippen molar-refractivity contribution in [2.24, 2.45) is 5.92 Å². The molecule has 176 valence electrons. The molecule has 3 fully saturated rings. The fraction of sp³-hybridized carbons (Fsp3) is 0.625. The number of aromatic nitrogens is 3. The maximum absolute atomic E-state index is 13.0. The highest BCUT2D eigenvalue weighted by Crippen LogP contribution is 2.33. The van der Waals surface area contributed by atoms with E-state index < -0.39 is 0 Å². The summed E-state index contributed by atoms with van der Waals surface area (Å²) >= 11 is 1.59. The van der Waals surface area contributed by atoms with E-state index >= 15 is 0 Å². The molecule has 2 saturated heterocycles. The van der Waals surface area contributed by atoms with Gasteiger partial charge < -0.3 is 14.7 Å². The molecule has 0 atom stereocenters. The standard InChI is InChI=1S/C24H32N6O2S/c31-23(19-4-2-1-3-5-19)29-10-6-18(7-11-29)22-27-20(17-33-22)24(32)30-14-12-28(13-15-30)21-16-25-8-9-26-21/h8-9,16-19H,1-7,10-15H2. The Labute approximate surface area is 199 Å². The second-order valence-electron chi connectivity index (χ2n) is 9.35. The van der Waals surface area contributed by atoms with E-state index in [1.807, 2.05) is 10.3 Å². The highest BCUT2D eigenvalue weighted by Gasteiger charge is 2.31. The molecule has 3 aliphatic rings. The molecule has 1 aliphatic carbocycles. The van der Waals surface area contributed by atoms with Gasteiger partial charge in [-0.25, -0.2) is 9.97 Å². The zero-order valence-electron chi connectivity index (χ0n) is 19.1. The molecule has 2 aliphatic heterocycles. The molecule has 0 bridgehead atoms. The zero-order valence-corrected chi connectivity index (χ0v) is 19.9. The number of amides is 2. The molecule has 0 aromatic carbocycles. The molecule has 0 spiro atoms. The summed E-state index contributed by atoms with van der Waals surface area (Å²) in [6.45, 7) is 4.43. The molecule has 9 heteroatoms. The summed E-state index contributed by atoms with van der Waals surface area (Å²) in [5.74, 6) is 1.83. The van der Waals surface area contributed by atoms with Gasteiger partial charge in [0.25, 0.3) is 5.91 Å². The molecule has 5 rings (SSSR count). The lowest BCUT2D eigenvalue weighted by Gasteiger charge is -2.35. The van der Waals surface area contributed by atoms with Gasteiger partial charge in [0.2, 0.25) is 5.91 Å². The third-order valence-corrected chi connectivity index (χ3v) is 8.30. The molecule has 0 unspecified atom stereocenters. The van der Waals surface area contributed by atoms with Crippen LogP contribution in [0.3, 0.4) is 0 Å². The van der Waals surface area contributed by atoms with Crippen LogP contribution in [0.15, 0.2) is 24.0 Å². The fourth-order valence-electron chi connectivity index (χ4n) is 5.28. The van der Waals surface area contributed by atoms with Gasteiger partial charge in [-0.15, -0.1) is 11.3 Å². The first-order valence-electron chi connectivity index (χ1n) is 12.2. The van der Waals surface area contributed by atoms with E-state index in [2.05, 4.69) is 19.8 Å². The van der Waals surface area contributed by atoms with Crippen LogP contribution in [-0.4, -0.2) is 75.8 Å². The Morgan fingerprint density at radius 2 is 1.64 bits per heavy atom. The Kier molecular flexibility index (Phi) is 6.85. The number of thiazole rings is 1. The first kappa shape index (κ1) is 22.3. The number of carbonyl (C=O) groups excluding carboxylic acids is 2. The van der Waals surface area contributed by atoms with Gasteiger partial charge in [-0.05, 0) is 25.7 Å². The van der Waals surface area contributed by atoms with E-state index in [0.717, 1.165) is 62.7 Å². The monoisotopic (exact) mass is 468 g/mol. The van der Waals surface area contributed by atoms with Crippen molar-refractivity contribution < 1.29 is 9.59 Å². The third-order valence-electron chi connectivity index (χ3n) is 7.29. The number of piperazine rings is 1. The topological polar surface area (TPSA) is 82.5 Å². The normalized spacial score (nSPS) is 20.8. The van der Waals surface area contributed by atoms with E-state index in [4.69, 9.17) is 4.98 Å². The van der Waals surface area contributed by atoms with Crippen LogP contribution in [-0.2, 0) is 4.79 Å². The summed E-state index contributed by atoms with van der Waals surface area (Å²) < 4.78 is 0. The van der Waals surface area contributed by atoms with E-state index in [1.165, 1.54) is 19.3 Å². The number of rotatable bonds is 4. The number of nitrogens with zero attached hydrogens (tertiary/aromatic N) is 6. The Morgan fingerprint density at radius 1 is 0.879 bits per heavy atom. The van der Waals surface area contributed by atoms with Crippen molar-refractivity contribution in [2.45, 2.75) is 50.9 Å². The van der Waals surface area contributed by atoms with Crippen molar-refractivity contribution in [3.63, 3.8) is 0 Å². The Bertz CT molecular complexity index is 945. The molecular weight excluding hydrogens is 436 g/mol. The quantitative estimate of drug-likeness (QED) is 0.685. The van der Waals surface area contributed by atoms with Crippen LogP contribution < -0.4 is 4.90 Å². The third kappa shape index (κ3) is 5.03. The van der Waals surface area contributed by atoms with E-state index in [0.29, 0.717) is 30.6 Å². The predicted molar refractivity (Wildman–Crippen MR) is 127 cm³/mol. The van der Waals surface area contributed by atoms with Crippen molar-refractivity contribution in [3.05, 3.63) is 34.7 Å². The lowest BCUT2D eigenvalue weighted by atomic mass is 9.87. The van der Waals surface area contributed by atoms with Crippen LogP contribution in [0.1, 0.15) is 66.4 Å². The van der Waals surface area contributed by atoms with Gasteiger partial charge in [-0.3, -0.25) is 14.6 Å². The van der Waals surface area contributed by atoms with Gasteiger partial charge in [-0.1, -0.05) is 19.3 Å². The maximum Gasteiger partial charge on any atom is 0.273 e. The van der Waals surface area contributed by atoms with Gasteiger partial charge >= 0.3 is 0 Å². The number of piperidine rings is 1. The van der Waals surface area contributed by atoms with Crippen molar-refractivity contribution in [1.29, 1.82) is 0 Å². The van der Waals surface area contributed by atoms with Crippen LogP contribution in [0.25, 0.3) is 0 Å². The van der Waals surface area contributed by atoms with Crippen LogP contribution in [0, 0.1) is 5.92 Å². The second kappa shape index (κ2) is 10.2. The molecule has 8 nitrogen and oxygen atoms in total. The zero-order chi connectivity index (χ0) is 22.6. The van der Waals surface area contributed by atoms with Gasteiger partial charge in [0, 0.05) is 68.9 Å². The average Bonchev–Trinajstić information content (AvgIpc) is 3.39. The fourth-order valence-corrected chi connectivity index (χ4v) is 6.25. The minimum Gasteiger partial charge on any atom is -0.352 e. The van der Waals surface area contributed by atoms with E-state index in [1.54, 1.807) is 29.9 Å². The summed E-state index contributed by atoms with van der Waals surface area (Å²) in [5.41, 5.74) is 0.559. The minimum absolute atomic E-state index is 0.0150. The first-order chi connectivity index (χ1) is 16.2. The largest absolute Gasteiger partial charge is 0.352 e. The van der Waals surface area contributed by atoms with Crippen molar-refractivity contribution in [3.8, 4) is 0 Å². The Balaban J connectivity index is 1.12. The highest BCUT2D eigenvalue weighted by atomic mass is 32.1. The molecule has 2 aromatic heterocycles. The van der Waals surface area contributed by atoms with Gasteiger partial charge in [0.1, 0.15) is 11.5 Å². The van der Waals surface area contributed by atoms with Gasteiger partial charge in [-0.2, -0.15) is 0 Å². The van der Waals surface area contributed by atoms with Crippen LogP contribution in [0.4, 0.5) is 5.82 Å². The minimum atomic E-state index is 0.0150. The van der Waals surface area contributed by atoms with Crippen molar-refractivity contribution in [2.75, 3.05) is 44.2 Å². The molecule has 0 radical (unpaired) electrons. The summed E-state index contributed by atoms with van der Waals surface area (Å²) in [7, 11) is 0.